The lowest BCUT2D eigenvalue weighted by molar-refractivity contribution is 0.352. The van der Waals surface area contributed by atoms with Gasteiger partial charge in [-0.25, -0.2) is 0 Å². The van der Waals surface area contributed by atoms with Gasteiger partial charge in [-0.05, 0) is 47.7 Å². The molecule has 0 bridgehead atoms. The zero-order valence-electron chi connectivity index (χ0n) is 18.2. The van der Waals surface area contributed by atoms with Crippen molar-refractivity contribution in [3.05, 3.63) is 51.5 Å². The highest BCUT2D eigenvalue weighted by atomic mass is 35.5. The SMILES string of the molecule is COc1ccc(C2(Cl)C=C(C(N)C(C)(C)C)Nc3sc4c(c32)CCNC4)cc1OC. The Morgan fingerprint density at radius 1 is 1.20 bits per heavy atom. The predicted molar refractivity (Wildman–Crippen MR) is 125 cm³/mol. The number of benzene rings is 1. The molecule has 2 aliphatic heterocycles. The van der Waals surface area contributed by atoms with Crippen LogP contribution in [0.15, 0.2) is 30.0 Å². The molecule has 30 heavy (non-hydrogen) atoms. The van der Waals surface area contributed by atoms with Crippen LogP contribution in [0.5, 0.6) is 11.5 Å². The number of nitrogens with two attached hydrogens (primary N) is 1. The van der Waals surface area contributed by atoms with Crippen LogP contribution < -0.4 is 25.8 Å². The van der Waals surface area contributed by atoms with Gasteiger partial charge < -0.3 is 25.8 Å². The largest absolute Gasteiger partial charge is 0.493 e. The lowest BCUT2D eigenvalue weighted by Crippen LogP contribution is -2.42. The summed E-state index contributed by atoms with van der Waals surface area (Å²) in [4.78, 5) is 0.503. The van der Waals surface area contributed by atoms with Gasteiger partial charge in [0.05, 0.1) is 19.2 Å². The molecular formula is C23H30ClN3O2S. The standard InChI is InChI=1S/C23H30ClN3O2S/c1-22(2,3)20(25)15-11-23(24,13-6-7-16(28-4)17(10-13)29-5)19-14-8-9-26-12-18(14)30-21(19)27-15/h6-7,10-11,20,26-27H,8-9,12,25H2,1-5H3. The Hall–Kier alpha value is -1.73. The van der Waals surface area contributed by atoms with Crippen molar-refractivity contribution in [2.24, 2.45) is 11.1 Å². The minimum Gasteiger partial charge on any atom is -0.493 e. The fourth-order valence-corrected chi connectivity index (χ4v) is 5.99. The molecule has 1 aromatic carbocycles. The van der Waals surface area contributed by atoms with Crippen molar-refractivity contribution in [1.82, 2.24) is 5.32 Å². The number of anilines is 1. The fourth-order valence-electron chi connectivity index (χ4n) is 4.19. The summed E-state index contributed by atoms with van der Waals surface area (Å²) in [5.74, 6) is 1.35. The van der Waals surface area contributed by atoms with Crippen molar-refractivity contribution in [3.8, 4) is 11.5 Å². The van der Waals surface area contributed by atoms with Crippen LogP contribution in [0.4, 0.5) is 5.00 Å². The van der Waals surface area contributed by atoms with E-state index in [1.165, 1.54) is 10.4 Å². The highest BCUT2D eigenvalue weighted by molar-refractivity contribution is 7.16. The number of hydrogen-bond donors (Lipinski definition) is 3. The summed E-state index contributed by atoms with van der Waals surface area (Å²) in [5, 5.41) is 8.18. The number of thiophene rings is 1. The van der Waals surface area contributed by atoms with Crippen molar-refractivity contribution in [2.75, 3.05) is 26.1 Å². The number of methoxy groups -OCH3 is 2. The second kappa shape index (κ2) is 7.75. The van der Waals surface area contributed by atoms with Crippen molar-refractivity contribution in [3.63, 3.8) is 0 Å². The van der Waals surface area contributed by atoms with Crippen LogP contribution in [0.25, 0.3) is 0 Å². The van der Waals surface area contributed by atoms with Gasteiger partial charge in [0.25, 0.3) is 0 Å². The smallest absolute Gasteiger partial charge is 0.161 e. The van der Waals surface area contributed by atoms with E-state index < -0.39 is 4.87 Å². The van der Waals surface area contributed by atoms with Crippen molar-refractivity contribution >= 4 is 27.9 Å². The maximum atomic E-state index is 7.54. The second-order valence-corrected chi connectivity index (χ2v) is 10.7. The third-order valence-corrected chi connectivity index (χ3v) is 7.64. The van der Waals surface area contributed by atoms with Crippen molar-refractivity contribution in [1.29, 1.82) is 0 Å². The highest BCUT2D eigenvalue weighted by Crippen LogP contribution is 2.53. The van der Waals surface area contributed by atoms with Gasteiger partial charge in [-0.2, -0.15) is 0 Å². The summed E-state index contributed by atoms with van der Waals surface area (Å²) in [7, 11) is 3.28. The van der Waals surface area contributed by atoms with Crippen LogP contribution in [-0.4, -0.2) is 26.8 Å². The van der Waals surface area contributed by atoms with E-state index in [0.717, 1.165) is 41.3 Å². The highest BCUT2D eigenvalue weighted by Gasteiger charge is 2.43. The normalized spacial score (nSPS) is 21.8. The average molecular weight is 448 g/mol. The van der Waals surface area contributed by atoms with E-state index in [1.54, 1.807) is 25.6 Å². The fraction of sp³-hybridized carbons (Fsp3) is 0.478. The summed E-state index contributed by atoms with van der Waals surface area (Å²) in [6, 6.07) is 5.73. The van der Waals surface area contributed by atoms with Crippen LogP contribution >= 0.6 is 22.9 Å². The first-order valence-corrected chi connectivity index (χ1v) is 11.4. The van der Waals surface area contributed by atoms with Crippen molar-refractivity contribution < 1.29 is 9.47 Å². The van der Waals surface area contributed by atoms with Gasteiger partial charge in [0, 0.05) is 28.7 Å². The maximum absolute atomic E-state index is 7.54. The van der Waals surface area contributed by atoms with Gasteiger partial charge in [0.2, 0.25) is 0 Å². The third-order valence-electron chi connectivity index (χ3n) is 5.98. The zero-order valence-corrected chi connectivity index (χ0v) is 19.8. The monoisotopic (exact) mass is 447 g/mol. The molecule has 0 amide bonds. The molecule has 2 aromatic rings. The number of allylic oxidation sites excluding steroid dienone is 1. The number of halogens is 1. The van der Waals surface area contributed by atoms with Gasteiger partial charge in [0.1, 0.15) is 4.87 Å². The molecule has 2 aliphatic rings. The molecular weight excluding hydrogens is 418 g/mol. The summed E-state index contributed by atoms with van der Waals surface area (Å²) in [6.07, 6.45) is 3.06. The van der Waals surface area contributed by atoms with Crippen LogP contribution in [0, 0.1) is 5.41 Å². The van der Waals surface area contributed by atoms with Crippen LogP contribution in [-0.2, 0) is 17.8 Å². The van der Waals surface area contributed by atoms with Crippen LogP contribution in [0.1, 0.15) is 42.3 Å². The van der Waals surface area contributed by atoms with Gasteiger partial charge in [-0.1, -0.05) is 26.8 Å². The molecule has 2 unspecified atom stereocenters. The maximum Gasteiger partial charge on any atom is 0.161 e. The van der Waals surface area contributed by atoms with Crippen LogP contribution in [0.3, 0.4) is 0 Å². The second-order valence-electron chi connectivity index (χ2n) is 8.98. The quantitative estimate of drug-likeness (QED) is 0.598. The predicted octanol–water partition coefficient (Wildman–Crippen LogP) is 4.58. The molecule has 3 heterocycles. The Morgan fingerprint density at radius 3 is 2.60 bits per heavy atom. The first-order chi connectivity index (χ1) is 14.2. The summed E-state index contributed by atoms with van der Waals surface area (Å²) >= 11 is 9.31. The molecule has 0 aliphatic carbocycles. The molecule has 0 spiro atoms. The van der Waals surface area contributed by atoms with E-state index in [9.17, 15) is 0 Å². The van der Waals surface area contributed by atoms with Crippen molar-refractivity contribution in [2.45, 2.75) is 44.7 Å². The Balaban J connectivity index is 1.93. The number of ether oxygens (including phenoxy) is 2. The number of fused-ring (bicyclic) bond motifs is 3. The summed E-state index contributed by atoms with van der Waals surface area (Å²) < 4.78 is 11.0. The summed E-state index contributed by atoms with van der Waals surface area (Å²) in [5.41, 5.74) is 10.9. The molecule has 4 rings (SSSR count). The zero-order chi connectivity index (χ0) is 21.7. The minimum absolute atomic E-state index is 0.107. The van der Waals surface area contributed by atoms with Gasteiger partial charge in [-0.15, -0.1) is 22.9 Å². The molecule has 2 atom stereocenters. The number of hydrogen-bond acceptors (Lipinski definition) is 6. The first kappa shape index (κ1) is 21.5. The first-order valence-electron chi connectivity index (χ1n) is 10.2. The molecule has 4 N–H and O–H groups in total. The van der Waals surface area contributed by atoms with E-state index >= 15 is 0 Å². The van der Waals surface area contributed by atoms with E-state index in [2.05, 4.69) is 37.5 Å². The van der Waals surface area contributed by atoms with Crippen LogP contribution in [0.2, 0.25) is 0 Å². The molecule has 5 nitrogen and oxygen atoms in total. The molecule has 0 saturated carbocycles. The summed E-state index contributed by atoms with van der Waals surface area (Å²) in [6.45, 7) is 8.25. The lowest BCUT2D eigenvalue weighted by atomic mass is 9.79. The topological polar surface area (TPSA) is 68.5 Å². The van der Waals surface area contributed by atoms with E-state index in [0.29, 0.717) is 11.5 Å². The molecule has 0 radical (unpaired) electrons. The molecule has 7 heteroatoms. The molecule has 0 fully saturated rings. The Bertz CT molecular complexity index is 995. The molecule has 162 valence electrons. The Morgan fingerprint density at radius 2 is 1.93 bits per heavy atom. The number of alkyl halides is 1. The van der Waals surface area contributed by atoms with E-state index in [1.807, 2.05) is 18.2 Å². The van der Waals surface area contributed by atoms with Gasteiger partial charge in [-0.3, -0.25) is 0 Å². The number of rotatable bonds is 4. The minimum atomic E-state index is -0.834. The van der Waals surface area contributed by atoms with Gasteiger partial charge >= 0.3 is 0 Å². The van der Waals surface area contributed by atoms with E-state index in [4.69, 9.17) is 26.8 Å². The van der Waals surface area contributed by atoms with E-state index in [-0.39, 0.29) is 11.5 Å². The average Bonchev–Trinajstić information content (AvgIpc) is 3.11. The molecule has 0 saturated heterocycles. The third kappa shape index (κ3) is 3.50. The Labute approximate surface area is 187 Å². The lowest BCUT2D eigenvalue weighted by Gasteiger charge is -2.37. The molecule has 1 aromatic heterocycles. The number of nitrogens with one attached hydrogen (secondary N) is 2. The van der Waals surface area contributed by atoms with Gasteiger partial charge in [0.15, 0.2) is 11.5 Å². The Kier molecular flexibility index (Phi) is 5.56.